The van der Waals surface area contributed by atoms with Gasteiger partial charge in [0.1, 0.15) is 0 Å². The van der Waals surface area contributed by atoms with Crippen molar-refractivity contribution < 1.29 is 14.3 Å². The van der Waals surface area contributed by atoms with Crippen molar-refractivity contribution in [2.45, 2.75) is 13.0 Å². The first-order valence-electron chi connectivity index (χ1n) is 7.99. The Hall–Kier alpha value is -2.70. The van der Waals surface area contributed by atoms with Gasteiger partial charge in [0.15, 0.2) is 6.10 Å². The molecule has 0 saturated carbocycles. The molecule has 0 saturated heterocycles. The van der Waals surface area contributed by atoms with Crippen LogP contribution in [0.3, 0.4) is 0 Å². The lowest BCUT2D eigenvalue weighted by molar-refractivity contribution is -0.147. The fourth-order valence-corrected chi connectivity index (χ4v) is 3.61. The lowest BCUT2D eigenvalue weighted by Gasteiger charge is -2.14. The molecule has 1 amide bonds. The zero-order valence-corrected chi connectivity index (χ0v) is 15.7. The fraction of sp³-hybridized carbons (Fsp3) is 0.100. The Morgan fingerprint density at radius 2 is 1.73 bits per heavy atom. The number of thiophene rings is 2. The van der Waals surface area contributed by atoms with Crippen molar-refractivity contribution in [2.24, 2.45) is 0 Å². The predicted molar refractivity (Wildman–Crippen MR) is 107 cm³/mol. The highest BCUT2D eigenvalue weighted by atomic mass is 32.1. The van der Waals surface area contributed by atoms with Crippen molar-refractivity contribution in [1.82, 2.24) is 0 Å². The van der Waals surface area contributed by atoms with Crippen molar-refractivity contribution in [1.29, 1.82) is 0 Å². The highest BCUT2D eigenvalue weighted by Crippen LogP contribution is 2.26. The number of carbonyl (C=O) groups excluding carboxylic acids is 2. The molecule has 0 spiro atoms. The summed E-state index contributed by atoms with van der Waals surface area (Å²) in [5.41, 5.74) is 1.11. The summed E-state index contributed by atoms with van der Waals surface area (Å²) in [5.74, 6) is -0.886. The van der Waals surface area contributed by atoms with Crippen LogP contribution < -0.4 is 5.32 Å². The Bertz CT molecular complexity index is 885. The highest BCUT2D eigenvalue weighted by molar-refractivity contribution is 7.12. The SMILES string of the molecule is C[C@@H](OC(=O)/C(=C/c1cccs1)c1cccs1)C(=O)Nc1ccccc1. The van der Waals surface area contributed by atoms with Crippen LogP contribution in [-0.2, 0) is 14.3 Å². The van der Waals surface area contributed by atoms with Gasteiger partial charge >= 0.3 is 5.97 Å². The minimum atomic E-state index is -0.908. The largest absolute Gasteiger partial charge is 0.449 e. The van der Waals surface area contributed by atoms with Gasteiger partial charge in [-0.25, -0.2) is 4.79 Å². The summed E-state index contributed by atoms with van der Waals surface area (Å²) in [6, 6.07) is 16.7. The zero-order valence-electron chi connectivity index (χ0n) is 14.0. The molecule has 0 bridgehead atoms. The predicted octanol–water partition coefficient (Wildman–Crippen LogP) is 4.92. The zero-order chi connectivity index (χ0) is 18.4. The number of nitrogens with one attached hydrogen (secondary N) is 1. The first-order chi connectivity index (χ1) is 12.6. The topological polar surface area (TPSA) is 55.4 Å². The molecule has 2 aromatic heterocycles. The molecule has 0 aliphatic carbocycles. The van der Waals surface area contributed by atoms with E-state index in [-0.39, 0.29) is 5.91 Å². The molecule has 2 heterocycles. The molecule has 6 heteroatoms. The van der Waals surface area contributed by atoms with Crippen LogP contribution in [0.25, 0.3) is 11.6 Å². The van der Waals surface area contributed by atoms with E-state index >= 15 is 0 Å². The van der Waals surface area contributed by atoms with Crippen LogP contribution in [0, 0.1) is 0 Å². The van der Waals surface area contributed by atoms with Crippen LogP contribution in [-0.4, -0.2) is 18.0 Å². The van der Waals surface area contributed by atoms with Crippen LogP contribution in [0.1, 0.15) is 16.7 Å². The van der Waals surface area contributed by atoms with Gasteiger partial charge in [0.2, 0.25) is 0 Å². The van der Waals surface area contributed by atoms with E-state index in [9.17, 15) is 9.59 Å². The number of rotatable bonds is 6. The number of ether oxygens (including phenoxy) is 1. The number of amides is 1. The van der Waals surface area contributed by atoms with Crippen LogP contribution in [0.2, 0.25) is 0 Å². The normalized spacial score (nSPS) is 12.4. The number of benzene rings is 1. The minimum Gasteiger partial charge on any atom is -0.449 e. The molecular weight excluding hydrogens is 366 g/mol. The van der Waals surface area contributed by atoms with Crippen molar-refractivity contribution >= 4 is 51.9 Å². The van der Waals surface area contributed by atoms with Gasteiger partial charge in [-0.2, -0.15) is 0 Å². The minimum absolute atomic E-state index is 0.369. The summed E-state index contributed by atoms with van der Waals surface area (Å²) in [6.07, 6.45) is 0.884. The average molecular weight is 383 g/mol. The number of esters is 1. The van der Waals surface area contributed by atoms with Gasteiger partial charge < -0.3 is 10.1 Å². The molecule has 0 radical (unpaired) electrons. The maximum atomic E-state index is 12.7. The summed E-state index contributed by atoms with van der Waals surface area (Å²) in [6.45, 7) is 1.56. The number of hydrogen-bond acceptors (Lipinski definition) is 5. The number of hydrogen-bond donors (Lipinski definition) is 1. The molecule has 26 heavy (non-hydrogen) atoms. The van der Waals surface area contributed by atoms with E-state index in [0.717, 1.165) is 9.75 Å². The molecule has 0 aliphatic rings. The molecule has 4 nitrogen and oxygen atoms in total. The van der Waals surface area contributed by atoms with Gasteiger partial charge in [-0.1, -0.05) is 30.3 Å². The molecule has 132 valence electrons. The second-order valence-electron chi connectivity index (χ2n) is 5.45. The van der Waals surface area contributed by atoms with Crippen molar-refractivity contribution in [3.05, 3.63) is 75.1 Å². The van der Waals surface area contributed by atoms with E-state index in [0.29, 0.717) is 11.3 Å². The third kappa shape index (κ3) is 4.68. The average Bonchev–Trinajstić information content (AvgIpc) is 3.34. The fourth-order valence-electron chi connectivity index (χ4n) is 2.22. The first kappa shape index (κ1) is 18.1. The summed E-state index contributed by atoms with van der Waals surface area (Å²) < 4.78 is 5.41. The van der Waals surface area contributed by atoms with Gasteiger partial charge in [0.25, 0.3) is 5.91 Å². The molecular formula is C20H17NO3S2. The maximum Gasteiger partial charge on any atom is 0.340 e. The van der Waals surface area contributed by atoms with Crippen molar-refractivity contribution in [3.8, 4) is 0 Å². The van der Waals surface area contributed by atoms with Gasteiger partial charge in [0.05, 0.1) is 5.57 Å². The smallest absolute Gasteiger partial charge is 0.340 e. The highest BCUT2D eigenvalue weighted by Gasteiger charge is 2.22. The quantitative estimate of drug-likeness (QED) is 0.485. The van der Waals surface area contributed by atoms with E-state index in [2.05, 4.69) is 5.32 Å². The second kappa shape index (κ2) is 8.60. The number of para-hydroxylation sites is 1. The number of anilines is 1. The Morgan fingerprint density at radius 3 is 2.38 bits per heavy atom. The third-order valence-corrected chi connectivity index (χ3v) is 5.25. The Labute approximate surface area is 159 Å². The molecule has 1 N–H and O–H groups in total. The first-order valence-corrected chi connectivity index (χ1v) is 9.75. The number of carbonyl (C=O) groups is 2. The molecule has 3 rings (SSSR count). The van der Waals surface area contributed by atoms with Crippen LogP contribution in [0.5, 0.6) is 0 Å². The van der Waals surface area contributed by atoms with Crippen LogP contribution >= 0.6 is 22.7 Å². The molecule has 3 aromatic rings. The Kier molecular flexibility index (Phi) is 5.99. The summed E-state index contributed by atoms with van der Waals surface area (Å²) in [5, 5.41) is 6.58. The van der Waals surface area contributed by atoms with Crippen LogP contribution in [0.4, 0.5) is 5.69 Å². The lowest BCUT2D eigenvalue weighted by Crippen LogP contribution is -2.30. The van der Waals surface area contributed by atoms with Gasteiger partial charge in [-0.3, -0.25) is 4.79 Å². The van der Waals surface area contributed by atoms with Crippen LogP contribution in [0.15, 0.2) is 65.4 Å². The Balaban J connectivity index is 1.72. The second-order valence-corrected chi connectivity index (χ2v) is 7.38. The van der Waals surface area contributed by atoms with E-state index < -0.39 is 12.1 Å². The maximum absolute atomic E-state index is 12.7. The third-order valence-electron chi connectivity index (χ3n) is 3.53. The summed E-state index contributed by atoms with van der Waals surface area (Å²) in [4.78, 5) is 26.7. The van der Waals surface area contributed by atoms with E-state index in [4.69, 9.17) is 4.74 Å². The molecule has 0 unspecified atom stereocenters. The van der Waals surface area contributed by atoms with Gasteiger partial charge in [-0.05, 0) is 48.0 Å². The monoisotopic (exact) mass is 383 g/mol. The van der Waals surface area contributed by atoms with Gasteiger partial charge in [0, 0.05) is 15.4 Å². The molecule has 1 atom stereocenters. The Morgan fingerprint density at radius 1 is 1.00 bits per heavy atom. The standard InChI is InChI=1S/C20H17NO3S2/c1-14(19(22)21-15-7-3-2-4-8-15)24-20(23)17(18-10-6-12-26-18)13-16-9-5-11-25-16/h2-14H,1H3,(H,21,22)/b17-13+/t14-/m1/s1. The summed E-state index contributed by atoms with van der Waals surface area (Å²) >= 11 is 2.99. The lowest BCUT2D eigenvalue weighted by atomic mass is 10.2. The molecule has 0 fully saturated rings. The van der Waals surface area contributed by atoms with E-state index in [1.165, 1.54) is 22.7 Å². The van der Waals surface area contributed by atoms with E-state index in [1.807, 2.05) is 53.2 Å². The van der Waals surface area contributed by atoms with Crippen molar-refractivity contribution in [3.63, 3.8) is 0 Å². The molecule has 0 aliphatic heterocycles. The van der Waals surface area contributed by atoms with Crippen molar-refractivity contribution in [2.75, 3.05) is 5.32 Å². The molecule has 1 aromatic carbocycles. The van der Waals surface area contributed by atoms with E-state index in [1.54, 1.807) is 25.1 Å². The van der Waals surface area contributed by atoms with Gasteiger partial charge in [-0.15, -0.1) is 22.7 Å². The summed E-state index contributed by atoms with van der Waals surface area (Å²) in [7, 11) is 0.